The third-order valence-corrected chi connectivity index (χ3v) is 14.5. The van der Waals surface area contributed by atoms with Gasteiger partial charge in [-0.05, 0) is 107 Å². The second-order valence-corrected chi connectivity index (χ2v) is 17.4. The van der Waals surface area contributed by atoms with Crippen LogP contribution in [0.2, 0.25) is 0 Å². The van der Waals surface area contributed by atoms with Crippen LogP contribution in [0.3, 0.4) is 0 Å². The van der Waals surface area contributed by atoms with E-state index in [1.165, 1.54) is 118 Å². The van der Waals surface area contributed by atoms with Gasteiger partial charge in [0.2, 0.25) is 0 Å². The fraction of sp³-hybridized carbons (Fsp3) is 0. The summed E-state index contributed by atoms with van der Waals surface area (Å²) in [6, 6.07) is 71.7. The molecule has 4 aromatic heterocycles. The molecule has 0 bridgehead atoms. The van der Waals surface area contributed by atoms with Crippen molar-refractivity contribution in [2.45, 2.75) is 0 Å². The van der Waals surface area contributed by atoms with Crippen molar-refractivity contribution in [1.29, 1.82) is 0 Å². The Hall–Kier alpha value is -6.98. The van der Waals surface area contributed by atoms with Gasteiger partial charge in [0.25, 0.3) is 0 Å². The first-order valence-corrected chi connectivity index (χ1v) is 21.4. The molecular formula is C54H32N2S2. The normalized spacial score (nSPS) is 12.1. The van der Waals surface area contributed by atoms with Crippen LogP contribution in [-0.4, -0.2) is 9.13 Å². The quantitative estimate of drug-likeness (QED) is 0.169. The van der Waals surface area contributed by atoms with Crippen molar-refractivity contribution in [3.05, 3.63) is 194 Å². The number of hydrogen-bond acceptors (Lipinski definition) is 2. The number of thiophene rings is 2. The zero-order valence-corrected chi connectivity index (χ0v) is 32.8. The molecule has 0 spiro atoms. The predicted octanol–water partition coefficient (Wildman–Crippen LogP) is 16.0. The Morgan fingerprint density at radius 3 is 1.50 bits per heavy atom. The van der Waals surface area contributed by atoms with Gasteiger partial charge in [0.05, 0.1) is 22.1 Å². The SMILES string of the molecule is c1ccc(-c2ccc3c(c2)c2cc(-c4ccc5sc6ccc7c8cc(-n9c%10ccccc%10c%10ccccc%109)ccc8sc7c6c5c4)ccc2n3-c2ccccc2)cc1. The topological polar surface area (TPSA) is 9.86 Å². The van der Waals surface area contributed by atoms with Gasteiger partial charge in [-0.1, -0.05) is 109 Å². The Kier molecular flexibility index (Phi) is 6.79. The summed E-state index contributed by atoms with van der Waals surface area (Å²) >= 11 is 3.82. The van der Waals surface area contributed by atoms with E-state index in [1.807, 2.05) is 22.7 Å². The molecule has 0 aliphatic carbocycles. The highest BCUT2D eigenvalue weighted by atomic mass is 32.1. The summed E-state index contributed by atoms with van der Waals surface area (Å²) in [5, 5.41) is 10.4. The van der Waals surface area contributed by atoms with Gasteiger partial charge < -0.3 is 9.13 Å². The van der Waals surface area contributed by atoms with E-state index in [4.69, 9.17) is 0 Å². The number of rotatable bonds is 4. The molecule has 0 amide bonds. The molecule has 0 saturated heterocycles. The Morgan fingerprint density at radius 2 is 0.793 bits per heavy atom. The monoisotopic (exact) mass is 772 g/mol. The molecule has 2 nitrogen and oxygen atoms in total. The first kappa shape index (κ1) is 32.1. The van der Waals surface area contributed by atoms with Gasteiger partial charge in [-0.2, -0.15) is 0 Å². The number of nitrogens with zero attached hydrogens (tertiary/aromatic N) is 2. The summed E-state index contributed by atoms with van der Waals surface area (Å²) in [6.07, 6.45) is 0. The van der Waals surface area contributed by atoms with Gasteiger partial charge in [-0.25, -0.2) is 0 Å². The minimum absolute atomic E-state index is 1.17. The van der Waals surface area contributed by atoms with Gasteiger partial charge in [0.1, 0.15) is 0 Å². The minimum atomic E-state index is 1.17. The van der Waals surface area contributed by atoms with Crippen LogP contribution in [0.15, 0.2) is 194 Å². The molecule has 0 radical (unpaired) electrons. The minimum Gasteiger partial charge on any atom is -0.309 e. The molecule has 4 heteroatoms. The van der Waals surface area contributed by atoms with Crippen LogP contribution in [0.25, 0.3) is 118 Å². The van der Waals surface area contributed by atoms with E-state index >= 15 is 0 Å². The van der Waals surface area contributed by atoms with E-state index in [0.29, 0.717) is 0 Å². The van der Waals surface area contributed by atoms with Crippen LogP contribution >= 0.6 is 22.7 Å². The molecule has 270 valence electrons. The van der Waals surface area contributed by atoms with Crippen molar-refractivity contribution < 1.29 is 0 Å². The lowest BCUT2D eigenvalue weighted by atomic mass is 9.99. The number of fused-ring (bicyclic) bond motifs is 13. The molecule has 0 N–H and O–H groups in total. The first-order valence-electron chi connectivity index (χ1n) is 19.7. The summed E-state index contributed by atoms with van der Waals surface area (Å²) in [5.74, 6) is 0. The zero-order chi connectivity index (χ0) is 37.9. The predicted molar refractivity (Wildman–Crippen MR) is 252 cm³/mol. The molecule has 9 aromatic carbocycles. The highest BCUT2D eigenvalue weighted by molar-refractivity contribution is 7.29. The smallest absolute Gasteiger partial charge is 0.0541 e. The van der Waals surface area contributed by atoms with Gasteiger partial charge in [0, 0.05) is 73.3 Å². The van der Waals surface area contributed by atoms with E-state index in [1.54, 1.807) is 0 Å². The molecule has 0 atom stereocenters. The maximum atomic E-state index is 2.44. The van der Waals surface area contributed by atoms with E-state index in [0.717, 1.165) is 0 Å². The highest BCUT2D eigenvalue weighted by Crippen LogP contribution is 2.46. The second-order valence-electron chi connectivity index (χ2n) is 15.3. The first-order chi connectivity index (χ1) is 28.7. The highest BCUT2D eigenvalue weighted by Gasteiger charge is 2.18. The number of benzene rings is 9. The fourth-order valence-electron chi connectivity index (χ4n) is 9.47. The van der Waals surface area contributed by atoms with Crippen LogP contribution in [0, 0.1) is 0 Å². The van der Waals surface area contributed by atoms with Crippen LogP contribution in [-0.2, 0) is 0 Å². The number of para-hydroxylation sites is 3. The molecule has 0 unspecified atom stereocenters. The van der Waals surface area contributed by atoms with Crippen molar-refractivity contribution in [1.82, 2.24) is 9.13 Å². The Morgan fingerprint density at radius 1 is 0.276 bits per heavy atom. The fourth-order valence-corrected chi connectivity index (χ4v) is 11.9. The third kappa shape index (κ3) is 4.64. The Bertz CT molecular complexity index is 3730. The van der Waals surface area contributed by atoms with Crippen LogP contribution in [0.4, 0.5) is 0 Å². The van der Waals surface area contributed by atoms with Crippen LogP contribution < -0.4 is 0 Å². The molecule has 0 aliphatic heterocycles. The Labute approximate surface area is 341 Å². The molecule has 13 aromatic rings. The lowest BCUT2D eigenvalue weighted by Gasteiger charge is -2.08. The molecule has 58 heavy (non-hydrogen) atoms. The second kappa shape index (κ2) is 12.3. The van der Waals surface area contributed by atoms with Crippen LogP contribution in [0.5, 0.6) is 0 Å². The molecule has 13 rings (SSSR count). The van der Waals surface area contributed by atoms with E-state index in [-0.39, 0.29) is 0 Å². The van der Waals surface area contributed by atoms with Crippen molar-refractivity contribution >= 4 is 107 Å². The standard InChI is InChI=1S/C54H32N2S2/c1-3-11-33(12-4-1)34-19-24-48-42(29-34)43-30-35(20-25-49(43)55(48)37-13-5-2-6-14-37)36-21-26-51-45(31-36)53-52(57-51)28-23-41-44-32-38(22-27-50(44)58-54(41)53)56-46-17-9-7-15-39(46)40-16-8-10-18-47(40)56/h1-32H. The van der Waals surface area contributed by atoms with Crippen molar-refractivity contribution in [3.8, 4) is 33.6 Å². The van der Waals surface area contributed by atoms with E-state index in [2.05, 4.69) is 203 Å². The Balaban J connectivity index is 0.993. The molecule has 0 aliphatic rings. The molecule has 0 saturated carbocycles. The lowest BCUT2D eigenvalue weighted by Crippen LogP contribution is -1.93. The van der Waals surface area contributed by atoms with Crippen molar-refractivity contribution in [2.24, 2.45) is 0 Å². The maximum Gasteiger partial charge on any atom is 0.0541 e. The number of aromatic nitrogens is 2. The summed E-state index contributed by atoms with van der Waals surface area (Å²) < 4.78 is 10.2. The maximum absolute atomic E-state index is 2.44. The van der Waals surface area contributed by atoms with E-state index < -0.39 is 0 Å². The van der Waals surface area contributed by atoms with E-state index in [9.17, 15) is 0 Å². The molecule has 0 fully saturated rings. The largest absolute Gasteiger partial charge is 0.309 e. The average Bonchev–Trinajstić information content (AvgIpc) is 4.03. The zero-order valence-electron chi connectivity index (χ0n) is 31.2. The van der Waals surface area contributed by atoms with Gasteiger partial charge in [-0.15, -0.1) is 22.7 Å². The van der Waals surface area contributed by atoms with Crippen molar-refractivity contribution in [3.63, 3.8) is 0 Å². The van der Waals surface area contributed by atoms with Gasteiger partial charge in [-0.3, -0.25) is 0 Å². The molecular weight excluding hydrogens is 741 g/mol. The molecule has 4 heterocycles. The lowest BCUT2D eigenvalue weighted by molar-refractivity contribution is 1.18. The summed E-state index contributed by atoms with van der Waals surface area (Å²) in [5.41, 5.74) is 12.2. The van der Waals surface area contributed by atoms with Crippen molar-refractivity contribution in [2.75, 3.05) is 0 Å². The summed E-state index contributed by atoms with van der Waals surface area (Å²) in [7, 11) is 0. The van der Waals surface area contributed by atoms with Gasteiger partial charge >= 0.3 is 0 Å². The number of hydrogen-bond donors (Lipinski definition) is 0. The van der Waals surface area contributed by atoms with Gasteiger partial charge in [0.15, 0.2) is 0 Å². The van der Waals surface area contributed by atoms with Crippen LogP contribution in [0.1, 0.15) is 0 Å². The average molecular weight is 773 g/mol. The third-order valence-electron chi connectivity index (χ3n) is 12.1. The summed E-state index contributed by atoms with van der Waals surface area (Å²) in [6.45, 7) is 0. The summed E-state index contributed by atoms with van der Waals surface area (Å²) in [4.78, 5) is 0.